The SMILES string of the molecule is CCCn1c(-c2cnn(-c3ccccc3)c2)n[nH]c1=S. The third kappa shape index (κ3) is 2.30. The standard InChI is InChI=1S/C14H15N5S/c1-2-8-18-13(16-17-14(18)20)11-9-15-19(10-11)12-6-4-3-5-7-12/h3-7,9-10H,2,8H2,1H3,(H,17,20). The predicted octanol–water partition coefficient (Wildman–Crippen LogP) is 3.20. The van der Waals surface area contributed by atoms with Gasteiger partial charge < -0.3 is 4.57 Å². The van der Waals surface area contributed by atoms with E-state index in [-0.39, 0.29) is 0 Å². The van der Waals surface area contributed by atoms with Gasteiger partial charge in [-0.3, -0.25) is 5.10 Å². The fourth-order valence-corrected chi connectivity index (χ4v) is 2.35. The van der Waals surface area contributed by atoms with Crippen molar-refractivity contribution in [3.63, 3.8) is 0 Å². The number of nitrogens with one attached hydrogen (secondary N) is 1. The monoisotopic (exact) mass is 285 g/mol. The molecular formula is C14H15N5S. The summed E-state index contributed by atoms with van der Waals surface area (Å²) in [6.45, 7) is 2.97. The number of hydrogen-bond donors (Lipinski definition) is 1. The summed E-state index contributed by atoms with van der Waals surface area (Å²) in [4.78, 5) is 0. The van der Waals surface area contributed by atoms with E-state index >= 15 is 0 Å². The van der Waals surface area contributed by atoms with Crippen LogP contribution < -0.4 is 0 Å². The summed E-state index contributed by atoms with van der Waals surface area (Å²) in [6, 6.07) is 9.99. The van der Waals surface area contributed by atoms with Crippen molar-refractivity contribution in [1.29, 1.82) is 0 Å². The van der Waals surface area contributed by atoms with E-state index in [1.54, 1.807) is 0 Å². The Bertz CT molecular complexity index is 753. The number of nitrogens with zero attached hydrogens (tertiary/aromatic N) is 4. The van der Waals surface area contributed by atoms with Crippen LogP contribution in [0, 0.1) is 4.77 Å². The number of rotatable bonds is 4. The van der Waals surface area contributed by atoms with Crippen LogP contribution in [0.25, 0.3) is 17.1 Å². The van der Waals surface area contributed by atoms with E-state index in [9.17, 15) is 0 Å². The van der Waals surface area contributed by atoms with Gasteiger partial charge >= 0.3 is 0 Å². The molecule has 0 aliphatic rings. The Kier molecular flexibility index (Phi) is 3.47. The molecule has 6 heteroatoms. The van der Waals surface area contributed by atoms with Crippen LogP contribution in [0.2, 0.25) is 0 Å². The maximum atomic E-state index is 5.26. The summed E-state index contributed by atoms with van der Waals surface area (Å²) in [6.07, 6.45) is 4.78. The quantitative estimate of drug-likeness (QED) is 0.749. The summed E-state index contributed by atoms with van der Waals surface area (Å²) in [7, 11) is 0. The maximum absolute atomic E-state index is 5.26. The van der Waals surface area contributed by atoms with Crippen molar-refractivity contribution < 1.29 is 0 Å². The minimum absolute atomic E-state index is 0.648. The van der Waals surface area contributed by atoms with E-state index in [1.807, 2.05) is 52.0 Å². The third-order valence-corrected chi connectivity index (χ3v) is 3.38. The average Bonchev–Trinajstić information content (AvgIpc) is 3.08. The van der Waals surface area contributed by atoms with E-state index in [4.69, 9.17) is 12.2 Å². The van der Waals surface area contributed by atoms with Gasteiger partial charge in [0.05, 0.1) is 17.4 Å². The van der Waals surface area contributed by atoms with Crippen LogP contribution in [-0.4, -0.2) is 24.5 Å². The fraction of sp³-hybridized carbons (Fsp3) is 0.214. The second-order valence-corrected chi connectivity index (χ2v) is 4.90. The number of benzene rings is 1. The first-order chi connectivity index (χ1) is 9.79. The second-order valence-electron chi connectivity index (χ2n) is 4.51. The lowest BCUT2D eigenvalue weighted by atomic mass is 10.3. The molecule has 0 spiro atoms. The average molecular weight is 285 g/mol. The Labute approximate surface area is 121 Å². The van der Waals surface area contributed by atoms with Gasteiger partial charge in [0, 0.05) is 12.7 Å². The van der Waals surface area contributed by atoms with Crippen molar-refractivity contribution in [3.05, 3.63) is 47.5 Å². The van der Waals surface area contributed by atoms with Crippen LogP contribution in [0.4, 0.5) is 0 Å². The highest BCUT2D eigenvalue weighted by Gasteiger charge is 2.10. The summed E-state index contributed by atoms with van der Waals surface area (Å²) >= 11 is 5.26. The molecule has 0 aliphatic carbocycles. The molecule has 0 unspecified atom stereocenters. The molecule has 0 saturated carbocycles. The van der Waals surface area contributed by atoms with Crippen LogP contribution in [0.5, 0.6) is 0 Å². The minimum Gasteiger partial charge on any atom is -0.300 e. The Morgan fingerprint density at radius 1 is 1.25 bits per heavy atom. The molecule has 1 aromatic carbocycles. The maximum Gasteiger partial charge on any atom is 0.195 e. The van der Waals surface area contributed by atoms with Gasteiger partial charge in [-0.2, -0.15) is 10.2 Å². The molecule has 0 bridgehead atoms. The Morgan fingerprint density at radius 2 is 2.05 bits per heavy atom. The number of H-pyrrole nitrogens is 1. The van der Waals surface area contributed by atoms with E-state index in [2.05, 4.69) is 22.2 Å². The van der Waals surface area contributed by atoms with Crippen molar-refractivity contribution in [1.82, 2.24) is 24.5 Å². The molecule has 20 heavy (non-hydrogen) atoms. The lowest BCUT2D eigenvalue weighted by Crippen LogP contribution is -1.99. The van der Waals surface area contributed by atoms with Crippen molar-refractivity contribution in [2.75, 3.05) is 0 Å². The smallest absolute Gasteiger partial charge is 0.195 e. The molecule has 0 atom stereocenters. The largest absolute Gasteiger partial charge is 0.300 e. The Balaban J connectivity index is 2.01. The highest BCUT2D eigenvalue weighted by molar-refractivity contribution is 7.71. The van der Waals surface area contributed by atoms with E-state index in [0.717, 1.165) is 30.0 Å². The molecule has 0 saturated heterocycles. The highest BCUT2D eigenvalue weighted by Crippen LogP contribution is 2.18. The van der Waals surface area contributed by atoms with E-state index in [0.29, 0.717) is 4.77 Å². The third-order valence-electron chi connectivity index (χ3n) is 3.07. The Morgan fingerprint density at radius 3 is 2.80 bits per heavy atom. The summed E-state index contributed by atoms with van der Waals surface area (Å²) in [5.41, 5.74) is 1.98. The fourth-order valence-electron chi connectivity index (χ4n) is 2.13. The van der Waals surface area contributed by atoms with Crippen LogP contribution >= 0.6 is 12.2 Å². The van der Waals surface area contributed by atoms with E-state index in [1.165, 1.54) is 0 Å². The molecule has 2 heterocycles. The lowest BCUT2D eigenvalue weighted by Gasteiger charge is -2.02. The number of aromatic nitrogens is 5. The number of aromatic amines is 1. The Hall–Kier alpha value is -2.21. The first-order valence-electron chi connectivity index (χ1n) is 6.55. The van der Waals surface area contributed by atoms with Crippen molar-refractivity contribution >= 4 is 12.2 Å². The topological polar surface area (TPSA) is 51.4 Å². The molecule has 102 valence electrons. The van der Waals surface area contributed by atoms with Crippen LogP contribution in [0.1, 0.15) is 13.3 Å². The van der Waals surface area contributed by atoms with E-state index < -0.39 is 0 Å². The summed E-state index contributed by atoms with van der Waals surface area (Å²) in [5, 5.41) is 11.5. The predicted molar refractivity (Wildman–Crippen MR) is 80.3 cm³/mol. The summed E-state index contributed by atoms with van der Waals surface area (Å²) in [5.74, 6) is 0.832. The zero-order chi connectivity index (χ0) is 13.9. The molecule has 0 fully saturated rings. The molecule has 0 aliphatic heterocycles. The van der Waals surface area contributed by atoms with Gasteiger partial charge in [0.1, 0.15) is 0 Å². The molecule has 2 aromatic heterocycles. The van der Waals surface area contributed by atoms with Gasteiger partial charge in [-0.05, 0) is 30.8 Å². The molecule has 0 radical (unpaired) electrons. The molecule has 3 aromatic rings. The molecule has 0 amide bonds. The summed E-state index contributed by atoms with van der Waals surface area (Å²) < 4.78 is 4.49. The van der Waals surface area contributed by atoms with Gasteiger partial charge in [0.2, 0.25) is 0 Å². The molecule has 5 nitrogen and oxygen atoms in total. The van der Waals surface area contributed by atoms with Gasteiger partial charge in [-0.1, -0.05) is 25.1 Å². The lowest BCUT2D eigenvalue weighted by molar-refractivity contribution is 0.675. The first-order valence-corrected chi connectivity index (χ1v) is 6.96. The van der Waals surface area contributed by atoms with Crippen LogP contribution in [-0.2, 0) is 6.54 Å². The van der Waals surface area contributed by atoms with Gasteiger partial charge in [-0.15, -0.1) is 0 Å². The normalized spacial score (nSPS) is 10.8. The highest BCUT2D eigenvalue weighted by atomic mass is 32.1. The molecule has 1 N–H and O–H groups in total. The number of hydrogen-bond acceptors (Lipinski definition) is 3. The molecular weight excluding hydrogens is 270 g/mol. The van der Waals surface area contributed by atoms with Crippen LogP contribution in [0.15, 0.2) is 42.7 Å². The molecule has 3 rings (SSSR count). The van der Waals surface area contributed by atoms with Crippen molar-refractivity contribution in [2.45, 2.75) is 19.9 Å². The van der Waals surface area contributed by atoms with Crippen molar-refractivity contribution in [3.8, 4) is 17.1 Å². The van der Waals surface area contributed by atoms with Gasteiger partial charge in [-0.25, -0.2) is 4.68 Å². The number of para-hydroxylation sites is 1. The van der Waals surface area contributed by atoms with Gasteiger partial charge in [0.25, 0.3) is 0 Å². The van der Waals surface area contributed by atoms with Crippen molar-refractivity contribution in [2.24, 2.45) is 0 Å². The first kappa shape index (κ1) is 12.8. The second kappa shape index (κ2) is 5.42. The van der Waals surface area contributed by atoms with Crippen LogP contribution in [0.3, 0.4) is 0 Å². The zero-order valence-corrected chi connectivity index (χ0v) is 12.0. The van der Waals surface area contributed by atoms with Gasteiger partial charge in [0.15, 0.2) is 10.6 Å². The zero-order valence-electron chi connectivity index (χ0n) is 11.2. The minimum atomic E-state index is 0.648.